The van der Waals surface area contributed by atoms with Crippen LogP contribution in [-0.4, -0.2) is 112 Å². The largest absolute Gasteiger partial charge is 0.466 e. The van der Waals surface area contributed by atoms with Crippen molar-refractivity contribution in [3.63, 3.8) is 0 Å². The zero-order valence-corrected chi connectivity index (χ0v) is 41.8. The van der Waals surface area contributed by atoms with Crippen molar-refractivity contribution < 1.29 is 61.9 Å². The second kappa shape index (κ2) is 25.8. The minimum atomic E-state index is -0.887. The van der Waals surface area contributed by atoms with Crippen molar-refractivity contribution >= 4 is 75.0 Å². The Labute approximate surface area is 417 Å². The van der Waals surface area contributed by atoms with E-state index in [1.54, 1.807) is 12.2 Å². The number of rotatable bonds is 19. The minimum Gasteiger partial charge on any atom is -0.466 e. The summed E-state index contributed by atoms with van der Waals surface area (Å²) in [5, 5.41) is 13.1. The molecular formula is C50H64FN3O12S3. The highest BCUT2D eigenvalue weighted by Crippen LogP contribution is 2.43. The van der Waals surface area contributed by atoms with Gasteiger partial charge in [0.1, 0.15) is 16.3 Å². The fourth-order valence-corrected chi connectivity index (χ4v) is 12.2. The van der Waals surface area contributed by atoms with E-state index >= 15 is 4.39 Å². The Morgan fingerprint density at radius 2 is 1.45 bits per heavy atom. The Balaban J connectivity index is 0.927. The van der Waals surface area contributed by atoms with Gasteiger partial charge in [0.2, 0.25) is 5.91 Å². The number of esters is 4. The van der Waals surface area contributed by atoms with Gasteiger partial charge in [0.05, 0.1) is 65.6 Å². The molecule has 15 nitrogen and oxygen atoms in total. The number of aliphatic hydroxyl groups is 1. The highest BCUT2D eigenvalue weighted by atomic mass is 32.2. The van der Waals surface area contributed by atoms with E-state index in [0.717, 1.165) is 50.3 Å². The summed E-state index contributed by atoms with van der Waals surface area (Å²) in [5.74, 6) is -3.01. The third-order valence-electron chi connectivity index (χ3n) is 13.6. The molecule has 4 aliphatic carbocycles. The molecule has 2 N–H and O–H groups in total. The molecule has 0 saturated heterocycles. The number of thiocarbonyl (C=S) groups is 1. The lowest BCUT2D eigenvalue weighted by molar-refractivity contribution is -0.142. The fourth-order valence-electron chi connectivity index (χ4n) is 9.84. The number of carbonyl (C=O) groups excluding carboxylic acids is 5. The van der Waals surface area contributed by atoms with Crippen LogP contribution in [0.1, 0.15) is 110 Å². The predicted molar refractivity (Wildman–Crippen MR) is 262 cm³/mol. The number of halogens is 1. The molecule has 69 heavy (non-hydrogen) atoms. The first-order chi connectivity index (χ1) is 33.4. The Hall–Kier alpha value is -4.14. The SMILES string of the molecule is CCCOC(=O)C1=CC=CC2N=C(NC(=S)Sc3c(OC(=O)C4CCC(OCCCOC(C)=O)CC4)ccc(OC(=O)C4CCC(C5CCC(OCCCN6C(=O)C=CC6O)CC5)CC4)c3F)SC12. The first kappa shape index (κ1) is 52.7. The van der Waals surface area contributed by atoms with Crippen LogP contribution in [0.3, 0.4) is 0 Å². The molecule has 19 heteroatoms. The number of amidine groups is 1. The summed E-state index contributed by atoms with van der Waals surface area (Å²) >= 11 is 7.84. The van der Waals surface area contributed by atoms with Crippen LogP contribution in [0.25, 0.3) is 0 Å². The molecule has 0 radical (unpaired) electrons. The zero-order valence-electron chi connectivity index (χ0n) is 39.3. The maximum absolute atomic E-state index is 16.8. The van der Waals surface area contributed by atoms with Gasteiger partial charge in [0, 0.05) is 32.6 Å². The van der Waals surface area contributed by atoms with Crippen LogP contribution in [-0.2, 0) is 42.9 Å². The van der Waals surface area contributed by atoms with Crippen LogP contribution in [0.5, 0.6) is 11.5 Å². The Kier molecular flexibility index (Phi) is 19.7. The van der Waals surface area contributed by atoms with Crippen molar-refractivity contribution in [2.24, 2.45) is 28.7 Å². The van der Waals surface area contributed by atoms with Gasteiger partial charge in [-0.15, -0.1) is 0 Å². The molecule has 3 saturated carbocycles. The topological polar surface area (TPSA) is 189 Å². The van der Waals surface area contributed by atoms with E-state index < -0.39 is 41.8 Å². The van der Waals surface area contributed by atoms with Crippen LogP contribution in [0.2, 0.25) is 0 Å². The summed E-state index contributed by atoms with van der Waals surface area (Å²) in [7, 11) is 0. The molecule has 1 aromatic rings. The number of nitrogens with one attached hydrogen (secondary N) is 1. The molecule has 2 aliphatic heterocycles. The van der Waals surface area contributed by atoms with Crippen molar-refractivity contribution in [2.45, 2.75) is 145 Å². The molecule has 1 aromatic carbocycles. The number of allylic oxidation sites excluding steroid dienone is 2. The van der Waals surface area contributed by atoms with Gasteiger partial charge in [0.15, 0.2) is 16.7 Å². The molecule has 7 rings (SSSR count). The quantitative estimate of drug-likeness (QED) is 0.0447. The molecule has 2 heterocycles. The number of thioether (sulfide) groups is 2. The predicted octanol–water partition coefficient (Wildman–Crippen LogP) is 7.91. The zero-order chi connectivity index (χ0) is 48.9. The number of fused-ring (bicyclic) bond motifs is 1. The van der Waals surface area contributed by atoms with Crippen molar-refractivity contribution in [3.8, 4) is 11.5 Å². The standard InChI is InChI=1S/C50H64FN3O12S3/c1-3-26-64-48(60)37-7-4-8-38-44(37)68-49(52-38)53-50(67)69-45-40(66-47(59)34-15-19-36(20-16-34)63-29-6-28-61-30(2)55)22-21-39(43(45)51)65-46(58)33-11-9-31(10-12-33)32-13-17-35(18-14-32)62-27-5-25-54-41(56)23-24-42(54)57/h4,7-8,21-24,31-36,38,41,44,56H,3,5-6,9-20,25-29H2,1-2H3,(H,52,53,67). The van der Waals surface area contributed by atoms with Crippen molar-refractivity contribution in [2.75, 3.05) is 33.0 Å². The smallest absolute Gasteiger partial charge is 0.335 e. The maximum atomic E-state index is 16.8. The molecule has 6 aliphatic rings. The number of amides is 1. The van der Waals surface area contributed by atoms with E-state index in [1.165, 1.54) is 47.9 Å². The van der Waals surface area contributed by atoms with E-state index in [-0.39, 0.29) is 62.7 Å². The number of aliphatic hydroxyl groups excluding tert-OH is 1. The minimum absolute atomic E-state index is 0.0425. The van der Waals surface area contributed by atoms with E-state index in [2.05, 4.69) is 5.32 Å². The highest BCUT2D eigenvalue weighted by molar-refractivity contribution is 8.23. The number of nitrogens with zero attached hydrogens (tertiary/aromatic N) is 2. The van der Waals surface area contributed by atoms with E-state index in [0.29, 0.717) is 107 Å². The molecule has 3 atom stereocenters. The van der Waals surface area contributed by atoms with Crippen molar-refractivity contribution in [1.82, 2.24) is 10.2 Å². The van der Waals surface area contributed by atoms with Crippen LogP contribution < -0.4 is 14.8 Å². The normalized spacial score (nSPS) is 27.5. The number of aliphatic imine (C=N–C) groups is 1. The van der Waals surface area contributed by atoms with Gasteiger partial charge in [-0.1, -0.05) is 60.9 Å². The molecular weight excluding hydrogens is 950 g/mol. The van der Waals surface area contributed by atoms with Crippen LogP contribution >= 0.6 is 35.7 Å². The number of ether oxygens (including phenoxy) is 6. The lowest BCUT2D eigenvalue weighted by atomic mass is 9.70. The first-order valence-corrected chi connectivity index (χ1v) is 26.5. The molecule has 0 spiro atoms. The van der Waals surface area contributed by atoms with E-state index in [9.17, 15) is 29.1 Å². The summed E-state index contributed by atoms with van der Waals surface area (Å²) in [6.07, 6.45) is 18.7. The summed E-state index contributed by atoms with van der Waals surface area (Å²) in [5.41, 5.74) is 0.485. The Bertz CT molecular complexity index is 2150. The number of hydrogen-bond donors (Lipinski definition) is 2. The van der Waals surface area contributed by atoms with Crippen LogP contribution in [0, 0.1) is 29.5 Å². The van der Waals surface area contributed by atoms with Gasteiger partial charge in [0.25, 0.3) is 0 Å². The monoisotopic (exact) mass is 1010 g/mol. The van der Waals surface area contributed by atoms with Crippen LogP contribution in [0.4, 0.5) is 4.39 Å². The fraction of sp³-hybridized carbons (Fsp3) is 0.620. The first-order valence-electron chi connectivity index (χ1n) is 24.4. The number of carbonyl (C=O) groups is 5. The number of benzene rings is 1. The van der Waals surface area contributed by atoms with Gasteiger partial charge < -0.3 is 43.7 Å². The Morgan fingerprint density at radius 1 is 0.841 bits per heavy atom. The summed E-state index contributed by atoms with van der Waals surface area (Å²) in [4.78, 5) is 69.0. The second-order valence-electron chi connectivity index (χ2n) is 18.4. The van der Waals surface area contributed by atoms with E-state index in [1.807, 2.05) is 13.0 Å². The summed E-state index contributed by atoms with van der Waals surface area (Å²) in [6.45, 7) is 5.28. The van der Waals surface area contributed by atoms with Gasteiger partial charge in [-0.05, 0) is 120 Å². The molecule has 3 unspecified atom stereocenters. The van der Waals surface area contributed by atoms with Crippen LogP contribution in [0.15, 0.2) is 58.0 Å². The molecule has 0 bridgehead atoms. The lowest BCUT2D eigenvalue weighted by Gasteiger charge is -2.37. The van der Waals surface area contributed by atoms with Gasteiger partial charge >= 0.3 is 23.9 Å². The van der Waals surface area contributed by atoms with Crippen molar-refractivity contribution in [3.05, 3.63) is 53.9 Å². The third-order valence-corrected chi connectivity index (χ3v) is 16.0. The van der Waals surface area contributed by atoms with Gasteiger partial charge in [-0.25, -0.2) is 9.18 Å². The van der Waals surface area contributed by atoms with Gasteiger partial charge in [-0.2, -0.15) is 0 Å². The second-order valence-corrected chi connectivity index (χ2v) is 21.2. The van der Waals surface area contributed by atoms with Gasteiger partial charge in [-0.3, -0.25) is 24.2 Å². The summed E-state index contributed by atoms with van der Waals surface area (Å²) in [6, 6.07) is 2.40. The Morgan fingerprint density at radius 3 is 2.09 bits per heavy atom. The van der Waals surface area contributed by atoms with E-state index in [4.69, 9.17) is 45.6 Å². The third kappa shape index (κ3) is 14.7. The average Bonchev–Trinajstić information content (AvgIpc) is 3.91. The maximum Gasteiger partial charge on any atom is 0.335 e. The lowest BCUT2D eigenvalue weighted by Crippen LogP contribution is -2.35. The molecule has 376 valence electrons. The van der Waals surface area contributed by atoms with Crippen molar-refractivity contribution in [1.29, 1.82) is 0 Å². The number of hydrogen-bond acceptors (Lipinski definition) is 16. The molecule has 1 amide bonds. The molecule has 3 fully saturated rings. The highest BCUT2D eigenvalue weighted by Gasteiger charge is 2.38. The average molecular weight is 1010 g/mol. The molecule has 0 aromatic heterocycles. The summed E-state index contributed by atoms with van der Waals surface area (Å²) < 4.78 is 51.0.